The molecule has 2 N–H and O–H groups in total. The number of piperidine rings is 1. The molecule has 188 valence electrons. The van der Waals surface area contributed by atoms with Gasteiger partial charge in [-0.05, 0) is 86.7 Å². The molecule has 3 amide bonds. The Morgan fingerprint density at radius 2 is 2.00 bits per heavy atom. The number of allylic oxidation sites excluding steroid dienone is 2. The van der Waals surface area contributed by atoms with Crippen molar-refractivity contribution in [2.75, 3.05) is 17.7 Å². The molecule has 0 unspecified atom stereocenters. The monoisotopic (exact) mass is 478 g/mol. The third-order valence-corrected chi connectivity index (χ3v) is 10.2. The first-order chi connectivity index (χ1) is 16.7. The minimum atomic E-state index is 0.0176. The van der Waals surface area contributed by atoms with E-state index in [1.165, 1.54) is 24.1 Å². The Morgan fingerprint density at radius 1 is 1.20 bits per heavy atom. The van der Waals surface area contributed by atoms with E-state index in [0.29, 0.717) is 54.4 Å². The largest absolute Gasteiger partial charge is 0.327 e. The molecule has 1 saturated heterocycles. The normalized spacial score (nSPS) is 36.2. The van der Waals surface area contributed by atoms with E-state index in [9.17, 15) is 14.4 Å². The van der Waals surface area contributed by atoms with E-state index in [4.69, 9.17) is 0 Å². The van der Waals surface area contributed by atoms with Crippen LogP contribution >= 0.6 is 0 Å². The molecule has 7 nitrogen and oxygen atoms in total. The Morgan fingerprint density at radius 3 is 2.71 bits per heavy atom. The van der Waals surface area contributed by atoms with E-state index in [-0.39, 0.29) is 22.6 Å². The standard InChI is InChI=1S/C28H38N4O3/c1-17-13-20-21-7-5-18(14-24(34)31-23-8-6-19(15-29-23)30-16-33)27(21,2)11-9-22(20)28(3)12-10-25(35)32(4)26(17)28/h6,8,15-16,18,20-22H,5,7,9-14H2,1-4H3,(H,30,33)(H,29,31,34)/t18-,20+,21+,22+,27-,28-/m1/s1. The lowest BCUT2D eigenvalue weighted by Crippen LogP contribution is -2.54. The van der Waals surface area contributed by atoms with E-state index in [0.717, 1.165) is 25.7 Å². The Hall–Kier alpha value is -2.70. The van der Waals surface area contributed by atoms with Crippen molar-refractivity contribution >= 4 is 29.7 Å². The van der Waals surface area contributed by atoms with Crippen LogP contribution in [0.25, 0.3) is 0 Å². The van der Waals surface area contributed by atoms with Gasteiger partial charge in [-0.2, -0.15) is 0 Å². The van der Waals surface area contributed by atoms with E-state index >= 15 is 0 Å². The molecule has 3 aliphatic carbocycles. The van der Waals surface area contributed by atoms with Gasteiger partial charge in [0.05, 0.1) is 11.9 Å². The molecule has 5 rings (SSSR count). The van der Waals surface area contributed by atoms with Gasteiger partial charge < -0.3 is 15.5 Å². The van der Waals surface area contributed by atoms with Crippen LogP contribution in [0, 0.1) is 34.5 Å². The lowest BCUT2D eigenvalue weighted by atomic mass is 9.48. The van der Waals surface area contributed by atoms with E-state index in [1.54, 1.807) is 18.3 Å². The molecule has 7 heteroatoms. The average Bonchev–Trinajstić information content (AvgIpc) is 3.14. The fourth-order valence-electron chi connectivity index (χ4n) is 8.59. The van der Waals surface area contributed by atoms with Gasteiger partial charge in [0.25, 0.3) is 0 Å². The maximum absolute atomic E-state index is 13.0. The highest BCUT2D eigenvalue weighted by Crippen LogP contribution is 2.67. The van der Waals surface area contributed by atoms with E-state index in [2.05, 4.69) is 36.4 Å². The summed E-state index contributed by atoms with van der Waals surface area (Å²) in [6, 6.07) is 3.45. The van der Waals surface area contributed by atoms with Crippen molar-refractivity contribution in [1.29, 1.82) is 0 Å². The van der Waals surface area contributed by atoms with Gasteiger partial charge in [-0.1, -0.05) is 19.4 Å². The maximum Gasteiger partial charge on any atom is 0.226 e. The molecule has 0 radical (unpaired) electrons. The van der Waals surface area contributed by atoms with E-state index < -0.39 is 0 Å². The molecule has 1 aromatic heterocycles. The highest BCUT2D eigenvalue weighted by molar-refractivity contribution is 5.90. The number of hydrogen-bond donors (Lipinski definition) is 2. The summed E-state index contributed by atoms with van der Waals surface area (Å²) in [6.07, 6.45) is 9.99. The van der Waals surface area contributed by atoms with Gasteiger partial charge >= 0.3 is 0 Å². The van der Waals surface area contributed by atoms with Crippen molar-refractivity contribution in [3.05, 3.63) is 29.6 Å². The van der Waals surface area contributed by atoms with Crippen molar-refractivity contribution in [1.82, 2.24) is 9.88 Å². The van der Waals surface area contributed by atoms with Crippen LogP contribution in [0.5, 0.6) is 0 Å². The second kappa shape index (κ2) is 8.75. The summed E-state index contributed by atoms with van der Waals surface area (Å²) in [5.74, 6) is 3.04. The van der Waals surface area contributed by atoms with Crippen LogP contribution < -0.4 is 10.6 Å². The van der Waals surface area contributed by atoms with Crippen molar-refractivity contribution < 1.29 is 14.4 Å². The second-order valence-corrected chi connectivity index (χ2v) is 11.8. The number of hydrogen-bond acceptors (Lipinski definition) is 4. The van der Waals surface area contributed by atoms with Crippen LogP contribution in [0.15, 0.2) is 29.6 Å². The summed E-state index contributed by atoms with van der Waals surface area (Å²) in [7, 11) is 1.97. The summed E-state index contributed by atoms with van der Waals surface area (Å²) >= 11 is 0. The predicted octanol–water partition coefficient (Wildman–Crippen LogP) is 4.97. The fourth-order valence-corrected chi connectivity index (χ4v) is 8.59. The Kier molecular flexibility index (Phi) is 6.01. The number of pyridine rings is 1. The highest BCUT2D eigenvalue weighted by Gasteiger charge is 2.60. The Labute approximate surface area is 208 Å². The van der Waals surface area contributed by atoms with Crippen molar-refractivity contribution in [2.24, 2.45) is 34.5 Å². The maximum atomic E-state index is 13.0. The Bertz CT molecular complexity index is 1070. The van der Waals surface area contributed by atoms with Crippen LogP contribution in [0.4, 0.5) is 11.5 Å². The van der Waals surface area contributed by atoms with Crippen molar-refractivity contribution in [3.8, 4) is 0 Å². The van der Waals surface area contributed by atoms with Gasteiger partial charge in [-0.15, -0.1) is 0 Å². The molecule has 4 aliphatic rings. The SMILES string of the molecule is CC1=C2N(C)C(=O)CC[C@]2(C)[C@H]2CC[C@]3(C)[C@@H](CC(=O)Nc4ccc(NC=O)cn4)CC[C@H]3[C@@H]2C1. The number of amides is 3. The van der Waals surface area contributed by atoms with Gasteiger partial charge in [-0.3, -0.25) is 14.4 Å². The first kappa shape index (κ1) is 24.0. The smallest absolute Gasteiger partial charge is 0.226 e. The number of rotatable bonds is 5. The van der Waals surface area contributed by atoms with Crippen LogP contribution in [0.1, 0.15) is 72.1 Å². The summed E-state index contributed by atoms with van der Waals surface area (Å²) in [5.41, 5.74) is 3.56. The topological polar surface area (TPSA) is 91.4 Å². The molecule has 3 fully saturated rings. The number of fused-ring (bicyclic) bond motifs is 5. The van der Waals surface area contributed by atoms with Crippen LogP contribution in [0.2, 0.25) is 0 Å². The third kappa shape index (κ3) is 3.87. The van der Waals surface area contributed by atoms with Gasteiger partial charge in [0.1, 0.15) is 5.82 Å². The van der Waals surface area contributed by atoms with Gasteiger partial charge in [-0.25, -0.2) is 4.98 Å². The Balaban J connectivity index is 1.30. The van der Waals surface area contributed by atoms with Gasteiger partial charge in [0, 0.05) is 31.0 Å². The number of carbonyl (C=O) groups is 3. The molecule has 1 aliphatic heterocycles. The third-order valence-electron chi connectivity index (χ3n) is 10.2. The quantitative estimate of drug-likeness (QED) is 0.584. The zero-order valence-electron chi connectivity index (χ0n) is 21.4. The van der Waals surface area contributed by atoms with Crippen LogP contribution in [-0.4, -0.2) is 35.2 Å². The lowest BCUT2D eigenvalue weighted by molar-refractivity contribution is -0.136. The minimum Gasteiger partial charge on any atom is -0.327 e. The first-order valence-corrected chi connectivity index (χ1v) is 13.1. The molecule has 6 atom stereocenters. The van der Waals surface area contributed by atoms with Gasteiger partial charge in [0.15, 0.2) is 0 Å². The number of aromatic nitrogens is 1. The zero-order valence-corrected chi connectivity index (χ0v) is 21.4. The van der Waals surface area contributed by atoms with Crippen LogP contribution in [0.3, 0.4) is 0 Å². The summed E-state index contributed by atoms with van der Waals surface area (Å²) in [6.45, 7) is 7.09. The fraction of sp³-hybridized carbons (Fsp3) is 0.643. The second-order valence-electron chi connectivity index (χ2n) is 11.8. The summed E-state index contributed by atoms with van der Waals surface area (Å²) < 4.78 is 0. The number of nitrogens with zero attached hydrogens (tertiary/aromatic N) is 2. The molecule has 35 heavy (non-hydrogen) atoms. The van der Waals surface area contributed by atoms with E-state index in [1.807, 2.05) is 11.9 Å². The van der Waals surface area contributed by atoms with Crippen molar-refractivity contribution in [2.45, 2.75) is 72.1 Å². The number of nitrogens with one attached hydrogen (secondary N) is 2. The number of carbonyl (C=O) groups excluding carboxylic acids is 3. The molecular weight excluding hydrogens is 440 g/mol. The molecule has 1 aromatic rings. The molecule has 2 heterocycles. The molecular formula is C28H38N4O3. The number of anilines is 2. The van der Waals surface area contributed by atoms with Crippen LogP contribution in [-0.2, 0) is 14.4 Å². The lowest BCUT2D eigenvalue weighted by Gasteiger charge is -2.59. The average molecular weight is 479 g/mol. The van der Waals surface area contributed by atoms with Gasteiger partial charge in [0.2, 0.25) is 18.2 Å². The molecule has 0 spiro atoms. The first-order valence-electron chi connectivity index (χ1n) is 13.1. The summed E-state index contributed by atoms with van der Waals surface area (Å²) in [5, 5.41) is 5.51. The molecule has 2 saturated carbocycles. The summed E-state index contributed by atoms with van der Waals surface area (Å²) in [4.78, 5) is 42.2. The van der Waals surface area contributed by atoms with Crippen molar-refractivity contribution in [3.63, 3.8) is 0 Å². The zero-order chi connectivity index (χ0) is 25.0. The molecule has 0 bridgehead atoms. The minimum absolute atomic E-state index is 0.0176. The highest BCUT2D eigenvalue weighted by atomic mass is 16.2. The number of likely N-dealkylation sites (tertiary alicyclic amines) is 1. The predicted molar refractivity (Wildman–Crippen MR) is 135 cm³/mol. The molecule has 0 aromatic carbocycles.